The van der Waals surface area contributed by atoms with Crippen LogP contribution in [0.4, 0.5) is 8.78 Å². The molecule has 0 fully saturated rings. The third-order valence-corrected chi connectivity index (χ3v) is 3.25. The summed E-state index contributed by atoms with van der Waals surface area (Å²) in [5.74, 6) is -1.08. The first-order valence-corrected chi connectivity index (χ1v) is 6.54. The number of methoxy groups -OCH3 is 1. The molecule has 1 atom stereocenters. The topological polar surface area (TPSA) is 30.5 Å². The Kier molecular flexibility index (Phi) is 4.75. The molecule has 0 aliphatic heterocycles. The lowest BCUT2D eigenvalue weighted by molar-refractivity contribution is 0.383. The van der Waals surface area contributed by atoms with Crippen LogP contribution in [0.2, 0.25) is 0 Å². The van der Waals surface area contributed by atoms with Crippen LogP contribution >= 0.6 is 0 Å². The first-order chi connectivity index (χ1) is 10.1. The average molecular weight is 293 g/mol. The third-order valence-electron chi connectivity index (χ3n) is 3.25. The van der Waals surface area contributed by atoms with Gasteiger partial charge in [0.05, 0.1) is 12.7 Å². The van der Waals surface area contributed by atoms with E-state index in [2.05, 4.69) is 5.32 Å². The molecule has 112 valence electrons. The number of hydrogen-bond donors (Lipinski definition) is 1. The zero-order valence-electron chi connectivity index (χ0n) is 12.1. The van der Waals surface area contributed by atoms with Crippen LogP contribution in [0, 0.1) is 11.6 Å². The van der Waals surface area contributed by atoms with Crippen molar-refractivity contribution in [2.45, 2.75) is 13.0 Å². The van der Waals surface area contributed by atoms with Crippen molar-refractivity contribution in [3.05, 3.63) is 53.6 Å². The molecule has 1 unspecified atom stereocenters. The second kappa shape index (κ2) is 6.54. The van der Waals surface area contributed by atoms with Crippen molar-refractivity contribution in [3.63, 3.8) is 0 Å². The van der Waals surface area contributed by atoms with Crippen LogP contribution in [0.15, 0.2) is 36.4 Å². The highest BCUT2D eigenvalue weighted by molar-refractivity contribution is 5.48. The molecule has 0 bridgehead atoms. The van der Waals surface area contributed by atoms with E-state index >= 15 is 0 Å². The van der Waals surface area contributed by atoms with E-state index < -0.39 is 11.6 Å². The summed E-state index contributed by atoms with van der Waals surface area (Å²) in [4.78, 5) is 0. The fourth-order valence-electron chi connectivity index (χ4n) is 2.04. The van der Waals surface area contributed by atoms with Crippen LogP contribution in [0.3, 0.4) is 0 Å². The SMILES string of the molecule is CNC(C)c1c(OC)cccc1Oc1cccc(F)c1F. The first-order valence-electron chi connectivity index (χ1n) is 6.54. The van der Waals surface area contributed by atoms with Gasteiger partial charge < -0.3 is 14.8 Å². The highest BCUT2D eigenvalue weighted by atomic mass is 19.2. The lowest BCUT2D eigenvalue weighted by Crippen LogP contribution is -2.14. The standard InChI is InChI=1S/C16H17F2NO2/c1-10(19-2)15-12(20-3)7-5-8-13(15)21-14-9-4-6-11(17)16(14)18/h4-10,19H,1-3H3. The van der Waals surface area contributed by atoms with E-state index in [0.29, 0.717) is 11.5 Å². The minimum absolute atomic E-state index is 0.0761. The van der Waals surface area contributed by atoms with Gasteiger partial charge in [0, 0.05) is 6.04 Å². The fraction of sp³-hybridized carbons (Fsp3) is 0.250. The van der Waals surface area contributed by atoms with Crippen LogP contribution in [-0.2, 0) is 0 Å². The van der Waals surface area contributed by atoms with Gasteiger partial charge in [-0.1, -0.05) is 12.1 Å². The smallest absolute Gasteiger partial charge is 0.201 e. The first kappa shape index (κ1) is 15.3. The molecule has 0 aliphatic carbocycles. The van der Waals surface area contributed by atoms with Gasteiger partial charge in [-0.2, -0.15) is 4.39 Å². The molecule has 0 aromatic heterocycles. The summed E-state index contributed by atoms with van der Waals surface area (Å²) in [5.41, 5.74) is 0.742. The van der Waals surface area contributed by atoms with Crippen LogP contribution in [-0.4, -0.2) is 14.2 Å². The van der Waals surface area contributed by atoms with E-state index in [-0.39, 0.29) is 11.8 Å². The van der Waals surface area contributed by atoms with Crippen molar-refractivity contribution < 1.29 is 18.3 Å². The number of benzene rings is 2. The van der Waals surface area contributed by atoms with Gasteiger partial charge in [-0.25, -0.2) is 4.39 Å². The van der Waals surface area contributed by atoms with Gasteiger partial charge in [0.25, 0.3) is 0 Å². The Hall–Kier alpha value is -2.14. The molecule has 3 nitrogen and oxygen atoms in total. The second-order valence-corrected chi connectivity index (χ2v) is 4.54. The molecular weight excluding hydrogens is 276 g/mol. The van der Waals surface area contributed by atoms with E-state index in [1.165, 1.54) is 12.1 Å². The van der Waals surface area contributed by atoms with Crippen molar-refractivity contribution in [2.75, 3.05) is 14.2 Å². The molecular formula is C16H17F2NO2. The van der Waals surface area contributed by atoms with Gasteiger partial charge in [-0.3, -0.25) is 0 Å². The van der Waals surface area contributed by atoms with E-state index in [0.717, 1.165) is 11.6 Å². The lowest BCUT2D eigenvalue weighted by Gasteiger charge is -2.19. The van der Waals surface area contributed by atoms with Crippen molar-refractivity contribution in [3.8, 4) is 17.2 Å². The summed E-state index contributed by atoms with van der Waals surface area (Å²) >= 11 is 0. The number of nitrogens with one attached hydrogen (secondary N) is 1. The quantitative estimate of drug-likeness (QED) is 0.902. The predicted octanol–water partition coefficient (Wildman–Crippen LogP) is 4.05. The summed E-state index contributed by atoms with van der Waals surface area (Å²) in [7, 11) is 3.34. The molecule has 0 aliphatic rings. The largest absolute Gasteiger partial charge is 0.496 e. The van der Waals surface area contributed by atoms with Gasteiger partial charge in [-0.05, 0) is 38.2 Å². The van der Waals surface area contributed by atoms with Crippen LogP contribution < -0.4 is 14.8 Å². The second-order valence-electron chi connectivity index (χ2n) is 4.54. The summed E-state index contributed by atoms with van der Waals surface area (Å²) in [5, 5.41) is 3.08. The minimum Gasteiger partial charge on any atom is -0.496 e. The Morgan fingerprint density at radius 2 is 1.62 bits per heavy atom. The highest BCUT2D eigenvalue weighted by Gasteiger charge is 2.18. The van der Waals surface area contributed by atoms with Crippen LogP contribution in [0.1, 0.15) is 18.5 Å². The van der Waals surface area contributed by atoms with Gasteiger partial charge in [-0.15, -0.1) is 0 Å². The average Bonchev–Trinajstić information content (AvgIpc) is 2.50. The summed E-state index contributed by atoms with van der Waals surface area (Å²) in [6, 6.07) is 8.96. The maximum atomic E-state index is 13.7. The van der Waals surface area contributed by atoms with Gasteiger partial charge >= 0.3 is 0 Å². The van der Waals surface area contributed by atoms with E-state index in [1.807, 2.05) is 6.92 Å². The van der Waals surface area contributed by atoms with E-state index in [1.54, 1.807) is 32.4 Å². The third kappa shape index (κ3) is 3.13. The van der Waals surface area contributed by atoms with Gasteiger partial charge in [0.15, 0.2) is 11.6 Å². The molecule has 5 heteroatoms. The number of rotatable bonds is 5. The molecule has 0 radical (unpaired) electrons. The fourth-order valence-corrected chi connectivity index (χ4v) is 2.04. The number of hydrogen-bond acceptors (Lipinski definition) is 3. The molecule has 1 N–H and O–H groups in total. The van der Waals surface area contributed by atoms with Crippen molar-refractivity contribution in [1.82, 2.24) is 5.32 Å². The Morgan fingerprint density at radius 3 is 2.29 bits per heavy atom. The zero-order valence-corrected chi connectivity index (χ0v) is 12.1. The van der Waals surface area contributed by atoms with E-state index in [9.17, 15) is 8.78 Å². The van der Waals surface area contributed by atoms with Crippen LogP contribution in [0.5, 0.6) is 17.2 Å². The maximum absolute atomic E-state index is 13.7. The normalized spacial score (nSPS) is 12.0. The molecule has 2 aromatic rings. The molecule has 0 saturated carbocycles. The maximum Gasteiger partial charge on any atom is 0.201 e. The number of ether oxygens (including phenoxy) is 2. The zero-order chi connectivity index (χ0) is 15.4. The Balaban J connectivity index is 2.46. The molecule has 2 rings (SSSR count). The predicted molar refractivity (Wildman–Crippen MR) is 76.9 cm³/mol. The summed E-state index contributed by atoms with van der Waals surface area (Å²) in [6.45, 7) is 1.92. The van der Waals surface area contributed by atoms with Crippen molar-refractivity contribution in [1.29, 1.82) is 0 Å². The van der Waals surface area contributed by atoms with E-state index in [4.69, 9.17) is 9.47 Å². The molecule has 0 spiro atoms. The van der Waals surface area contributed by atoms with Crippen molar-refractivity contribution >= 4 is 0 Å². The van der Waals surface area contributed by atoms with Crippen molar-refractivity contribution in [2.24, 2.45) is 0 Å². The molecule has 0 heterocycles. The Bertz CT molecular complexity index is 632. The monoisotopic (exact) mass is 293 g/mol. The van der Waals surface area contributed by atoms with Gasteiger partial charge in [0.1, 0.15) is 11.5 Å². The molecule has 0 amide bonds. The van der Waals surface area contributed by atoms with Crippen LogP contribution in [0.25, 0.3) is 0 Å². The molecule has 21 heavy (non-hydrogen) atoms. The Labute approximate surface area is 122 Å². The Morgan fingerprint density at radius 1 is 1.00 bits per heavy atom. The van der Waals surface area contributed by atoms with Gasteiger partial charge in [0.2, 0.25) is 5.82 Å². The summed E-state index contributed by atoms with van der Waals surface area (Å²) in [6.07, 6.45) is 0. The highest BCUT2D eigenvalue weighted by Crippen LogP contribution is 2.37. The molecule has 2 aromatic carbocycles. The lowest BCUT2D eigenvalue weighted by atomic mass is 10.1. The minimum atomic E-state index is -1.01. The summed E-state index contributed by atoms with van der Waals surface area (Å²) < 4.78 is 37.9. The number of halogens is 2. The molecule has 0 saturated heterocycles.